The van der Waals surface area contributed by atoms with Gasteiger partial charge in [-0.15, -0.1) is 11.3 Å². The summed E-state index contributed by atoms with van der Waals surface area (Å²) < 4.78 is 17.1. The summed E-state index contributed by atoms with van der Waals surface area (Å²) in [5.41, 5.74) is 2.88. The number of ether oxygens (including phenoxy) is 3. The van der Waals surface area contributed by atoms with Crippen LogP contribution in [-0.2, 0) is 0 Å². The number of methoxy groups -OCH3 is 1. The van der Waals surface area contributed by atoms with E-state index < -0.39 is 5.97 Å². The number of hydrogen-bond acceptors (Lipinski definition) is 6. The number of aromatic nitrogens is 1. The highest BCUT2D eigenvalue weighted by Gasteiger charge is 2.15. The molecule has 0 fully saturated rings. The standard InChI is InChI=1S/C21H21NO5S/c1-13-5-4-6-14(2)19(13)27-10-9-26-18-11-15(25-3)7-8-16(18)20-22-17(12-28-20)21(23)24/h4-8,11-12H,9-10H2,1-3H3,(H,23,24). The van der Waals surface area contributed by atoms with E-state index >= 15 is 0 Å². The van der Waals surface area contributed by atoms with Gasteiger partial charge in [-0.05, 0) is 37.1 Å². The molecule has 3 aromatic rings. The molecule has 0 saturated heterocycles. The summed E-state index contributed by atoms with van der Waals surface area (Å²) in [5, 5.41) is 11.2. The minimum absolute atomic E-state index is 0.0140. The van der Waals surface area contributed by atoms with E-state index in [1.54, 1.807) is 19.2 Å². The van der Waals surface area contributed by atoms with Crippen molar-refractivity contribution < 1.29 is 24.1 Å². The molecule has 0 radical (unpaired) electrons. The molecule has 146 valence electrons. The normalized spacial score (nSPS) is 10.5. The molecule has 3 rings (SSSR count). The van der Waals surface area contributed by atoms with Gasteiger partial charge in [0.25, 0.3) is 0 Å². The fourth-order valence-electron chi connectivity index (χ4n) is 2.74. The summed E-state index contributed by atoms with van der Waals surface area (Å²) in [5.74, 6) is 1.02. The molecule has 0 unspecified atom stereocenters. The Morgan fingerprint density at radius 3 is 2.46 bits per heavy atom. The highest BCUT2D eigenvalue weighted by Crippen LogP contribution is 2.35. The first-order valence-corrected chi connectivity index (χ1v) is 9.56. The van der Waals surface area contributed by atoms with Crippen LogP contribution in [0.1, 0.15) is 21.6 Å². The molecule has 6 nitrogen and oxygen atoms in total. The van der Waals surface area contributed by atoms with Gasteiger partial charge in [-0.25, -0.2) is 9.78 Å². The van der Waals surface area contributed by atoms with Crippen molar-refractivity contribution in [2.24, 2.45) is 0 Å². The molecule has 0 atom stereocenters. The van der Waals surface area contributed by atoms with Crippen molar-refractivity contribution >= 4 is 17.3 Å². The monoisotopic (exact) mass is 399 g/mol. The largest absolute Gasteiger partial charge is 0.497 e. The van der Waals surface area contributed by atoms with E-state index in [0.717, 1.165) is 16.9 Å². The number of aromatic carboxylic acids is 1. The number of nitrogens with zero attached hydrogens (tertiary/aromatic N) is 1. The third-order valence-electron chi connectivity index (χ3n) is 4.14. The second-order valence-electron chi connectivity index (χ2n) is 6.12. The van der Waals surface area contributed by atoms with Crippen LogP contribution in [-0.4, -0.2) is 36.4 Å². The number of carbonyl (C=O) groups is 1. The van der Waals surface area contributed by atoms with Crippen molar-refractivity contribution in [3.63, 3.8) is 0 Å². The number of thiazole rings is 1. The van der Waals surface area contributed by atoms with Gasteiger partial charge < -0.3 is 19.3 Å². The van der Waals surface area contributed by atoms with Gasteiger partial charge >= 0.3 is 5.97 Å². The Hall–Kier alpha value is -3.06. The van der Waals surface area contributed by atoms with Crippen molar-refractivity contribution in [2.45, 2.75) is 13.8 Å². The first-order valence-electron chi connectivity index (χ1n) is 8.68. The summed E-state index contributed by atoms with van der Waals surface area (Å²) in [6.45, 7) is 4.71. The van der Waals surface area contributed by atoms with Crippen LogP contribution in [0.15, 0.2) is 41.8 Å². The fraction of sp³-hybridized carbons (Fsp3) is 0.238. The molecule has 0 aliphatic rings. The molecule has 1 aromatic heterocycles. The van der Waals surface area contributed by atoms with Gasteiger partial charge in [0.05, 0.1) is 12.7 Å². The van der Waals surface area contributed by atoms with E-state index in [1.165, 1.54) is 16.7 Å². The smallest absolute Gasteiger partial charge is 0.355 e. The highest BCUT2D eigenvalue weighted by atomic mass is 32.1. The molecule has 2 aromatic carbocycles. The minimum atomic E-state index is -1.06. The third-order valence-corrected chi connectivity index (χ3v) is 5.01. The quantitative estimate of drug-likeness (QED) is 0.558. The Balaban J connectivity index is 1.74. The van der Waals surface area contributed by atoms with E-state index in [-0.39, 0.29) is 5.69 Å². The zero-order valence-corrected chi connectivity index (χ0v) is 16.7. The van der Waals surface area contributed by atoms with E-state index in [4.69, 9.17) is 19.3 Å². The highest BCUT2D eigenvalue weighted by molar-refractivity contribution is 7.13. The first-order chi connectivity index (χ1) is 13.5. The molecular formula is C21H21NO5S. The Kier molecular flexibility index (Phi) is 6.16. The van der Waals surface area contributed by atoms with Crippen LogP contribution in [0.25, 0.3) is 10.6 Å². The van der Waals surface area contributed by atoms with Crippen molar-refractivity contribution in [3.05, 3.63) is 58.6 Å². The van der Waals surface area contributed by atoms with Gasteiger partial charge in [-0.3, -0.25) is 0 Å². The van der Waals surface area contributed by atoms with Gasteiger partial charge in [-0.1, -0.05) is 18.2 Å². The van der Waals surface area contributed by atoms with Gasteiger partial charge in [0.15, 0.2) is 5.69 Å². The van der Waals surface area contributed by atoms with Gasteiger partial charge in [0.1, 0.15) is 35.5 Å². The number of aryl methyl sites for hydroxylation is 2. The Labute approximate surface area is 167 Å². The third kappa shape index (κ3) is 4.43. The summed E-state index contributed by atoms with van der Waals surface area (Å²) in [7, 11) is 1.58. The number of rotatable bonds is 8. The molecule has 0 spiro atoms. The average Bonchev–Trinajstić information content (AvgIpc) is 3.17. The van der Waals surface area contributed by atoms with Crippen molar-refractivity contribution in [3.8, 4) is 27.8 Å². The van der Waals surface area contributed by atoms with E-state index in [1.807, 2.05) is 38.1 Å². The molecule has 0 aliphatic heterocycles. The Morgan fingerprint density at radius 1 is 1.11 bits per heavy atom. The lowest BCUT2D eigenvalue weighted by molar-refractivity contribution is 0.0691. The maximum Gasteiger partial charge on any atom is 0.355 e. The lowest BCUT2D eigenvalue weighted by Crippen LogP contribution is -2.11. The second kappa shape index (κ2) is 8.75. The van der Waals surface area contributed by atoms with Crippen molar-refractivity contribution in [1.82, 2.24) is 4.98 Å². The lowest BCUT2D eigenvalue weighted by atomic mass is 10.1. The van der Waals surface area contributed by atoms with E-state index in [2.05, 4.69) is 4.98 Å². The van der Waals surface area contributed by atoms with Crippen LogP contribution in [0.2, 0.25) is 0 Å². The zero-order chi connectivity index (χ0) is 20.1. The SMILES string of the molecule is COc1ccc(-c2nc(C(=O)O)cs2)c(OCCOc2c(C)cccc2C)c1. The molecule has 1 N–H and O–H groups in total. The number of hydrogen-bond donors (Lipinski definition) is 1. The summed E-state index contributed by atoms with van der Waals surface area (Å²) >= 11 is 1.25. The van der Waals surface area contributed by atoms with Crippen LogP contribution in [0, 0.1) is 13.8 Å². The predicted octanol–water partition coefficient (Wildman–Crippen LogP) is 4.59. The predicted molar refractivity (Wildman–Crippen MR) is 108 cm³/mol. The molecule has 28 heavy (non-hydrogen) atoms. The van der Waals surface area contributed by atoms with Crippen LogP contribution < -0.4 is 14.2 Å². The van der Waals surface area contributed by atoms with Crippen LogP contribution >= 0.6 is 11.3 Å². The maximum atomic E-state index is 11.1. The van der Waals surface area contributed by atoms with Crippen LogP contribution in [0.5, 0.6) is 17.2 Å². The number of carboxylic acids is 1. The Morgan fingerprint density at radius 2 is 1.82 bits per heavy atom. The summed E-state index contributed by atoms with van der Waals surface area (Å²) in [6.07, 6.45) is 0. The van der Waals surface area contributed by atoms with Crippen LogP contribution in [0.4, 0.5) is 0 Å². The summed E-state index contributed by atoms with van der Waals surface area (Å²) in [6, 6.07) is 11.4. The van der Waals surface area contributed by atoms with E-state index in [0.29, 0.717) is 35.3 Å². The number of benzene rings is 2. The Bertz CT molecular complexity index is 962. The molecule has 7 heteroatoms. The second-order valence-corrected chi connectivity index (χ2v) is 6.98. The molecule has 0 amide bonds. The van der Waals surface area contributed by atoms with Crippen molar-refractivity contribution in [1.29, 1.82) is 0 Å². The molecule has 0 saturated carbocycles. The fourth-order valence-corrected chi connectivity index (χ4v) is 3.57. The topological polar surface area (TPSA) is 77.9 Å². The molecule has 0 aliphatic carbocycles. The molecule has 1 heterocycles. The molecular weight excluding hydrogens is 378 g/mol. The first kappa shape index (κ1) is 19.7. The van der Waals surface area contributed by atoms with E-state index in [9.17, 15) is 4.79 Å². The maximum absolute atomic E-state index is 11.1. The average molecular weight is 399 g/mol. The minimum Gasteiger partial charge on any atom is -0.497 e. The zero-order valence-electron chi connectivity index (χ0n) is 15.9. The molecule has 0 bridgehead atoms. The summed E-state index contributed by atoms with van der Waals surface area (Å²) in [4.78, 5) is 15.3. The number of carboxylic acid groups (broad SMARTS) is 1. The lowest BCUT2D eigenvalue weighted by Gasteiger charge is -2.14. The van der Waals surface area contributed by atoms with Gasteiger partial charge in [0.2, 0.25) is 0 Å². The van der Waals surface area contributed by atoms with Gasteiger partial charge in [0, 0.05) is 11.4 Å². The van der Waals surface area contributed by atoms with Crippen molar-refractivity contribution in [2.75, 3.05) is 20.3 Å². The van der Waals surface area contributed by atoms with Crippen LogP contribution in [0.3, 0.4) is 0 Å². The van der Waals surface area contributed by atoms with Gasteiger partial charge in [-0.2, -0.15) is 0 Å². The number of para-hydroxylation sites is 1.